The molecule has 0 saturated carbocycles. The first-order chi connectivity index (χ1) is 7.20. The first kappa shape index (κ1) is 10.2. The van der Waals surface area contributed by atoms with Gasteiger partial charge in [-0.05, 0) is 23.8 Å². The molecule has 0 aliphatic carbocycles. The zero-order valence-electron chi connectivity index (χ0n) is 8.25. The molecule has 15 heavy (non-hydrogen) atoms. The molecule has 0 spiro atoms. The number of hydrogen-bond acceptors (Lipinski definition) is 2. The summed E-state index contributed by atoms with van der Waals surface area (Å²) in [5.41, 5.74) is 1.95. The fraction of sp³-hybridized carbons (Fsp3) is 0.250. The molecular weight excluding hydrogens is 212 g/mol. The van der Waals surface area contributed by atoms with Gasteiger partial charge in [-0.2, -0.15) is 0 Å². The lowest BCUT2D eigenvalue weighted by atomic mass is 10.0. The number of allylic oxidation sites excluding steroid dienone is 1. The quantitative estimate of drug-likeness (QED) is 0.735. The van der Waals surface area contributed by atoms with Gasteiger partial charge in [-0.1, -0.05) is 18.2 Å². The van der Waals surface area contributed by atoms with E-state index in [1.807, 2.05) is 6.07 Å². The van der Waals surface area contributed by atoms with E-state index in [4.69, 9.17) is 16.3 Å². The number of rotatable bonds is 3. The van der Waals surface area contributed by atoms with Crippen LogP contribution in [0.4, 0.5) is 0 Å². The number of halogens is 1. The summed E-state index contributed by atoms with van der Waals surface area (Å²) in [6.07, 6.45) is 2.50. The van der Waals surface area contributed by atoms with E-state index in [9.17, 15) is 4.79 Å². The van der Waals surface area contributed by atoms with Crippen LogP contribution in [0, 0.1) is 0 Å². The third-order valence-electron chi connectivity index (χ3n) is 2.42. The van der Waals surface area contributed by atoms with Gasteiger partial charge in [0.05, 0.1) is 6.61 Å². The van der Waals surface area contributed by atoms with Gasteiger partial charge in [0.2, 0.25) is 0 Å². The average Bonchev–Trinajstić information content (AvgIpc) is 2.65. The van der Waals surface area contributed by atoms with Gasteiger partial charge < -0.3 is 4.74 Å². The van der Waals surface area contributed by atoms with E-state index in [0.717, 1.165) is 23.3 Å². The van der Waals surface area contributed by atoms with Crippen LogP contribution in [0.3, 0.4) is 0 Å². The molecule has 1 aromatic carbocycles. The van der Waals surface area contributed by atoms with Crippen molar-refractivity contribution in [3.63, 3.8) is 0 Å². The number of fused-ring (bicyclic) bond motifs is 1. The Labute approximate surface area is 93.5 Å². The van der Waals surface area contributed by atoms with Crippen LogP contribution in [0.15, 0.2) is 24.8 Å². The van der Waals surface area contributed by atoms with E-state index in [2.05, 4.69) is 6.58 Å². The molecule has 2 rings (SSSR count). The van der Waals surface area contributed by atoms with Crippen LogP contribution >= 0.6 is 11.6 Å². The third-order valence-corrected chi connectivity index (χ3v) is 2.64. The van der Waals surface area contributed by atoms with Crippen molar-refractivity contribution in [2.75, 3.05) is 6.61 Å². The highest BCUT2D eigenvalue weighted by Gasteiger charge is 2.18. The minimum absolute atomic E-state index is 0.0185. The molecule has 1 aliphatic rings. The SMILES string of the molecule is C=CC(=O)Cc1cc(Cl)cc2c1OCC2. The van der Waals surface area contributed by atoms with Crippen LogP contribution in [-0.4, -0.2) is 12.4 Å². The van der Waals surface area contributed by atoms with Gasteiger partial charge in [0.1, 0.15) is 5.75 Å². The van der Waals surface area contributed by atoms with Crippen molar-refractivity contribution in [3.05, 3.63) is 40.9 Å². The predicted octanol–water partition coefficient (Wildman–Crippen LogP) is 2.57. The lowest BCUT2D eigenvalue weighted by Crippen LogP contribution is -2.00. The molecule has 1 heterocycles. The molecule has 0 amide bonds. The zero-order valence-corrected chi connectivity index (χ0v) is 9.01. The molecule has 0 fully saturated rings. The van der Waals surface area contributed by atoms with Gasteiger partial charge in [-0.3, -0.25) is 4.79 Å². The van der Waals surface area contributed by atoms with E-state index in [-0.39, 0.29) is 5.78 Å². The average molecular weight is 223 g/mol. The Kier molecular flexibility index (Phi) is 2.78. The standard InChI is InChI=1S/C12H11ClO2/c1-2-11(14)7-9-6-10(13)5-8-3-4-15-12(8)9/h2,5-6H,1,3-4,7H2. The Balaban J connectivity index is 2.38. The van der Waals surface area contributed by atoms with Crippen molar-refractivity contribution in [2.45, 2.75) is 12.8 Å². The van der Waals surface area contributed by atoms with E-state index >= 15 is 0 Å². The van der Waals surface area contributed by atoms with Gasteiger partial charge in [0, 0.05) is 23.4 Å². The lowest BCUT2D eigenvalue weighted by Gasteiger charge is -2.07. The van der Waals surface area contributed by atoms with Crippen LogP contribution in [-0.2, 0) is 17.6 Å². The summed E-state index contributed by atoms with van der Waals surface area (Å²) in [7, 11) is 0. The van der Waals surface area contributed by atoms with Crippen molar-refractivity contribution in [3.8, 4) is 5.75 Å². The summed E-state index contributed by atoms with van der Waals surface area (Å²) in [5.74, 6) is 0.810. The molecule has 1 aromatic rings. The number of benzene rings is 1. The highest BCUT2D eigenvalue weighted by molar-refractivity contribution is 6.30. The fourth-order valence-electron chi connectivity index (χ4n) is 1.74. The minimum Gasteiger partial charge on any atom is -0.493 e. The maximum atomic E-state index is 11.3. The fourth-order valence-corrected chi connectivity index (χ4v) is 2.00. The van der Waals surface area contributed by atoms with Gasteiger partial charge >= 0.3 is 0 Å². The van der Waals surface area contributed by atoms with Crippen LogP contribution in [0.2, 0.25) is 5.02 Å². The predicted molar refractivity (Wildman–Crippen MR) is 59.6 cm³/mol. The van der Waals surface area contributed by atoms with Crippen molar-refractivity contribution < 1.29 is 9.53 Å². The smallest absolute Gasteiger partial charge is 0.159 e. The monoisotopic (exact) mass is 222 g/mol. The summed E-state index contributed by atoms with van der Waals surface area (Å²) in [6, 6.07) is 3.68. The van der Waals surface area contributed by atoms with Crippen molar-refractivity contribution >= 4 is 17.4 Å². The zero-order chi connectivity index (χ0) is 10.8. The van der Waals surface area contributed by atoms with Crippen LogP contribution in [0.5, 0.6) is 5.75 Å². The number of hydrogen-bond donors (Lipinski definition) is 0. The van der Waals surface area contributed by atoms with E-state index in [1.165, 1.54) is 6.08 Å². The molecular formula is C12H11ClO2. The summed E-state index contributed by atoms with van der Waals surface area (Å²) in [6.45, 7) is 4.12. The number of carbonyl (C=O) groups is 1. The topological polar surface area (TPSA) is 26.3 Å². The molecule has 0 unspecified atom stereocenters. The van der Waals surface area contributed by atoms with Crippen LogP contribution in [0.25, 0.3) is 0 Å². The molecule has 0 aromatic heterocycles. The third kappa shape index (κ3) is 2.05. The molecule has 1 aliphatic heterocycles. The second-order valence-corrected chi connectivity index (χ2v) is 3.94. The number of ketones is 1. The summed E-state index contributed by atoms with van der Waals surface area (Å²) in [4.78, 5) is 11.3. The minimum atomic E-state index is -0.0185. The van der Waals surface area contributed by atoms with E-state index in [1.54, 1.807) is 6.07 Å². The second kappa shape index (κ2) is 4.07. The van der Waals surface area contributed by atoms with Crippen molar-refractivity contribution in [2.24, 2.45) is 0 Å². The molecule has 0 N–H and O–H groups in total. The number of carbonyl (C=O) groups excluding carboxylic acids is 1. The van der Waals surface area contributed by atoms with Gasteiger partial charge in [0.15, 0.2) is 5.78 Å². The highest BCUT2D eigenvalue weighted by atomic mass is 35.5. The molecule has 0 atom stereocenters. The van der Waals surface area contributed by atoms with Gasteiger partial charge in [-0.25, -0.2) is 0 Å². The lowest BCUT2D eigenvalue weighted by molar-refractivity contribution is -0.114. The molecule has 0 saturated heterocycles. The Bertz CT molecular complexity index is 424. The first-order valence-corrected chi connectivity index (χ1v) is 5.18. The second-order valence-electron chi connectivity index (χ2n) is 3.50. The highest BCUT2D eigenvalue weighted by Crippen LogP contribution is 2.33. The maximum absolute atomic E-state index is 11.3. The van der Waals surface area contributed by atoms with E-state index in [0.29, 0.717) is 18.1 Å². The molecule has 0 radical (unpaired) electrons. The van der Waals surface area contributed by atoms with Gasteiger partial charge in [-0.15, -0.1) is 0 Å². The molecule has 2 nitrogen and oxygen atoms in total. The van der Waals surface area contributed by atoms with Crippen molar-refractivity contribution in [1.29, 1.82) is 0 Å². The molecule has 3 heteroatoms. The summed E-state index contributed by atoms with van der Waals surface area (Å²) in [5, 5.41) is 0.658. The summed E-state index contributed by atoms with van der Waals surface area (Å²) >= 11 is 5.96. The molecule has 78 valence electrons. The van der Waals surface area contributed by atoms with Crippen molar-refractivity contribution in [1.82, 2.24) is 0 Å². The Morgan fingerprint density at radius 1 is 1.60 bits per heavy atom. The van der Waals surface area contributed by atoms with Crippen LogP contribution in [0.1, 0.15) is 11.1 Å². The Morgan fingerprint density at radius 2 is 2.40 bits per heavy atom. The largest absolute Gasteiger partial charge is 0.493 e. The Hall–Kier alpha value is -1.28. The van der Waals surface area contributed by atoms with Gasteiger partial charge in [0.25, 0.3) is 0 Å². The van der Waals surface area contributed by atoms with Crippen LogP contribution < -0.4 is 4.74 Å². The summed E-state index contributed by atoms with van der Waals surface area (Å²) < 4.78 is 5.48. The maximum Gasteiger partial charge on any atom is 0.159 e. The normalized spacial score (nSPS) is 13.1. The number of ether oxygens (including phenoxy) is 1. The molecule has 0 bridgehead atoms. The van der Waals surface area contributed by atoms with E-state index < -0.39 is 0 Å². The Morgan fingerprint density at radius 3 is 3.13 bits per heavy atom. The first-order valence-electron chi connectivity index (χ1n) is 4.80.